The Morgan fingerprint density at radius 3 is 2.58 bits per heavy atom. The maximum Gasteiger partial charge on any atom is 0.407 e. The molecule has 0 aliphatic heterocycles. The number of nitrogens with two attached hydrogens (primary N) is 1. The van der Waals surface area contributed by atoms with Crippen molar-refractivity contribution >= 4 is 11.8 Å². The van der Waals surface area contributed by atoms with E-state index in [1.54, 1.807) is 12.1 Å². The number of aliphatic hydroxyl groups excluding tert-OH is 2. The zero-order chi connectivity index (χ0) is 17.5. The van der Waals surface area contributed by atoms with Crippen LogP contribution in [0.25, 0.3) is 0 Å². The summed E-state index contributed by atoms with van der Waals surface area (Å²) < 4.78 is 5.04. The van der Waals surface area contributed by atoms with Crippen molar-refractivity contribution in [3.63, 3.8) is 0 Å². The van der Waals surface area contributed by atoms with E-state index in [0.29, 0.717) is 11.3 Å². The number of rotatable bonds is 6. The molecule has 0 aliphatic rings. The van der Waals surface area contributed by atoms with Gasteiger partial charge in [-0.1, -0.05) is 48.5 Å². The number of aryl methyl sites for hydroxylation is 1. The van der Waals surface area contributed by atoms with Crippen molar-refractivity contribution in [2.75, 3.05) is 12.3 Å². The molecule has 0 fully saturated rings. The molecule has 2 rings (SSSR count). The third kappa shape index (κ3) is 4.71. The first-order valence-corrected chi connectivity index (χ1v) is 7.64. The van der Waals surface area contributed by atoms with Crippen LogP contribution in [0.4, 0.5) is 10.5 Å². The fraction of sp³-hybridized carbons (Fsp3) is 0.278. The largest absolute Gasteiger partial charge is 0.445 e. The highest BCUT2D eigenvalue weighted by Gasteiger charge is 2.21. The number of nitrogen functional groups attached to an aromatic ring is 1. The van der Waals surface area contributed by atoms with Crippen LogP contribution in [0.5, 0.6) is 0 Å². The topological polar surface area (TPSA) is 105 Å². The van der Waals surface area contributed by atoms with Gasteiger partial charge in [0.1, 0.15) is 18.8 Å². The van der Waals surface area contributed by atoms with E-state index in [1.807, 2.05) is 43.3 Å². The summed E-state index contributed by atoms with van der Waals surface area (Å²) in [6.45, 7) is 1.80. The van der Waals surface area contributed by atoms with Gasteiger partial charge >= 0.3 is 6.09 Å². The number of carbonyl (C=O) groups excluding carboxylic acids is 1. The maximum absolute atomic E-state index is 11.7. The monoisotopic (exact) mass is 330 g/mol. The molecule has 0 bridgehead atoms. The van der Waals surface area contributed by atoms with Crippen LogP contribution in [0.15, 0.2) is 48.5 Å². The summed E-state index contributed by atoms with van der Waals surface area (Å²) in [5, 5.41) is 22.7. The van der Waals surface area contributed by atoms with E-state index in [0.717, 1.165) is 11.1 Å². The molecule has 2 unspecified atom stereocenters. The molecule has 5 N–H and O–H groups in total. The van der Waals surface area contributed by atoms with Gasteiger partial charge < -0.3 is 26.0 Å². The Morgan fingerprint density at radius 2 is 1.88 bits per heavy atom. The number of amides is 1. The summed E-state index contributed by atoms with van der Waals surface area (Å²) in [7, 11) is 0. The number of hydrogen-bond acceptors (Lipinski definition) is 5. The molecule has 0 aliphatic carbocycles. The van der Waals surface area contributed by atoms with Crippen molar-refractivity contribution in [2.24, 2.45) is 0 Å². The van der Waals surface area contributed by atoms with Crippen LogP contribution in [0.2, 0.25) is 0 Å². The zero-order valence-electron chi connectivity index (χ0n) is 13.5. The predicted octanol–water partition coefficient (Wildman–Crippen LogP) is 1.90. The van der Waals surface area contributed by atoms with Crippen molar-refractivity contribution in [3.05, 3.63) is 65.2 Å². The average molecular weight is 330 g/mol. The average Bonchev–Trinajstić information content (AvgIpc) is 2.60. The van der Waals surface area contributed by atoms with Crippen LogP contribution < -0.4 is 11.1 Å². The molecule has 6 nitrogen and oxygen atoms in total. The molecule has 0 spiro atoms. The second kappa shape index (κ2) is 8.33. The van der Waals surface area contributed by atoms with Crippen LogP contribution >= 0.6 is 0 Å². The highest BCUT2D eigenvalue weighted by Crippen LogP contribution is 2.25. The highest BCUT2D eigenvalue weighted by atomic mass is 16.5. The molecule has 6 heteroatoms. The van der Waals surface area contributed by atoms with E-state index >= 15 is 0 Å². The first-order chi connectivity index (χ1) is 11.5. The number of anilines is 1. The summed E-state index contributed by atoms with van der Waals surface area (Å²) in [5.74, 6) is 0. The summed E-state index contributed by atoms with van der Waals surface area (Å²) >= 11 is 0. The standard InChI is InChI=1S/C18H22N2O4/c1-12-6-5-9-14(16(12)19)17(22)15(21)10-20-18(23)24-11-13-7-3-2-4-8-13/h2-9,15,17,21-22H,10-11,19H2,1H3,(H,20,23). The Hall–Kier alpha value is -2.57. The number of carbonyl (C=O) groups is 1. The zero-order valence-corrected chi connectivity index (χ0v) is 13.5. The summed E-state index contributed by atoms with van der Waals surface area (Å²) in [4.78, 5) is 11.7. The molecule has 2 aromatic rings. The van der Waals surface area contributed by atoms with Gasteiger partial charge in [0.2, 0.25) is 0 Å². The van der Waals surface area contributed by atoms with E-state index in [-0.39, 0.29) is 13.2 Å². The van der Waals surface area contributed by atoms with Gasteiger partial charge in [-0.15, -0.1) is 0 Å². The molecular weight excluding hydrogens is 308 g/mol. The lowest BCUT2D eigenvalue weighted by molar-refractivity contribution is 0.0188. The molecule has 128 valence electrons. The van der Waals surface area contributed by atoms with E-state index < -0.39 is 18.3 Å². The number of hydrogen-bond donors (Lipinski definition) is 4. The van der Waals surface area contributed by atoms with E-state index in [4.69, 9.17) is 10.5 Å². The van der Waals surface area contributed by atoms with Gasteiger partial charge in [0, 0.05) is 17.8 Å². The molecule has 0 heterocycles. The van der Waals surface area contributed by atoms with Crippen LogP contribution in [0, 0.1) is 6.92 Å². The van der Waals surface area contributed by atoms with Crippen LogP contribution in [0.3, 0.4) is 0 Å². The summed E-state index contributed by atoms with van der Waals surface area (Å²) in [5.41, 5.74) is 8.44. The Labute approximate surface area is 140 Å². The third-order valence-electron chi connectivity index (χ3n) is 3.71. The Morgan fingerprint density at radius 1 is 1.17 bits per heavy atom. The number of nitrogens with one attached hydrogen (secondary N) is 1. The molecule has 24 heavy (non-hydrogen) atoms. The molecule has 1 amide bonds. The van der Waals surface area contributed by atoms with Gasteiger partial charge in [0.25, 0.3) is 0 Å². The molecule has 0 saturated carbocycles. The lowest BCUT2D eigenvalue weighted by Gasteiger charge is -2.20. The first kappa shape index (κ1) is 17.8. The minimum Gasteiger partial charge on any atom is -0.445 e. The molecule has 2 atom stereocenters. The quantitative estimate of drug-likeness (QED) is 0.606. The Kier molecular flexibility index (Phi) is 6.17. The van der Waals surface area contributed by atoms with Gasteiger partial charge in [-0.3, -0.25) is 0 Å². The molecular formula is C18H22N2O4. The maximum atomic E-state index is 11.7. The van der Waals surface area contributed by atoms with Crippen molar-refractivity contribution in [1.29, 1.82) is 0 Å². The molecule has 2 aromatic carbocycles. The van der Waals surface area contributed by atoms with E-state index in [1.165, 1.54) is 0 Å². The second-order valence-corrected chi connectivity index (χ2v) is 5.53. The van der Waals surface area contributed by atoms with Crippen LogP contribution in [0.1, 0.15) is 22.8 Å². The lowest BCUT2D eigenvalue weighted by atomic mass is 10.00. The molecule has 0 saturated heterocycles. The predicted molar refractivity (Wildman–Crippen MR) is 91.2 cm³/mol. The number of benzene rings is 2. The lowest BCUT2D eigenvalue weighted by Crippen LogP contribution is -2.36. The number of alkyl carbamates (subject to hydrolysis) is 1. The fourth-order valence-corrected chi connectivity index (χ4v) is 2.24. The fourth-order valence-electron chi connectivity index (χ4n) is 2.24. The minimum absolute atomic E-state index is 0.135. The Balaban J connectivity index is 1.82. The summed E-state index contributed by atoms with van der Waals surface area (Å²) in [6, 6.07) is 14.5. The van der Waals surface area contributed by atoms with Crippen molar-refractivity contribution in [3.8, 4) is 0 Å². The first-order valence-electron chi connectivity index (χ1n) is 7.64. The van der Waals surface area contributed by atoms with Crippen molar-refractivity contribution in [2.45, 2.75) is 25.7 Å². The number of para-hydroxylation sites is 1. The molecule has 0 aromatic heterocycles. The number of ether oxygens (including phenoxy) is 1. The van der Waals surface area contributed by atoms with Crippen molar-refractivity contribution in [1.82, 2.24) is 5.32 Å². The normalized spacial score (nSPS) is 13.1. The van der Waals surface area contributed by atoms with Gasteiger partial charge in [-0.05, 0) is 18.1 Å². The Bertz CT molecular complexity index is 676. The van der Waals surface area contributed by atoms with Gasteiger partial charge in [0.15, 0.2) is 0 Å². The van der Waals surface area contributed by atoms with Gasteiger partial charge in [0.05, 0.1) is 0 Å². The van der Waals surface area contributed by atoms with E-state index in [9.17, 15) is 15.0 Å². The second-order valence-electron chi connectivity index (χ2n) is 5.53. The van der Waals surface area contributed by atoms with E-state index in [2.05, 4.69) is 5.32 Å². The third-order valence-corrected chi connectivity index (χ3v) is 3.71. The van der Waals surface area contributed by atoms with Crippen molar-refractivity contribution < 1.29 is 19.7 Å². The minimum atomic E-state index is -1.20. The van der Waals surface area contributed by atoms with Crippen LogP contribution in [-0.2, 0) is 11.3 Å². The van der Waals surface area contributed by atoms with Gasteiger partial charge in [-0.2, -0.15) is 0 Å². The smallest absolute Gasteiger partial charge is 0.407 e. The van der Waals surface area contributed by atoms with Gasteiger partial charge in [-0.25, -0.2) is 4.79 Å². The highest BCUT2D eigenvalue weighted by molar-refractivity contribution is 5.67. The SMILES string of the molecule is Cc1cccc(C(O)C(O)CNC(=O)OCc2ccccc2)c1N. The number of aliphatic hydroxyl groups is 2. The van der Waals surface area contributed by atoms with Crippen LogP contribution in [-0.4, -0.2) is 29.0 Å². The summed E-state index contributed by atoms with van der Waals surface area (Å²) in [6.07, 6.45) is -3.06. The molecule has 0 radical (unpaired) electrons.